The average Bonchev–Trinajstić information content (AvgIpc) is 3.57. The first-order valence-electron chi connectivity index (χ1n) is 12.7. The largest absolute Gasteiger partial charge is 0.486 e. The number of fused-ring (bicyclic) bond motifs is 3. The molecule has 1 heterocycles. The van der Waals surface area contributed by atoms with Crippen LogP contribution in [-0.4, -0.2) is 58.3 Å². The molecule has 9 heteroatoms. The molecule has 0 aromatic heterocycles. The summed E-state index contributed by atoms with van der Waals surface area (Å²) in [5.41, 5.74) is 2.00. The van der Waals surface area contributed by atoms with Crippen molar-refractivity contribution >= 4 is 35.0 Å². The van der Waals surface area contributed by atoms with Crippen molar-refractivity contribution in [2.45, 2.75) is 56.4 Å². The lowest BCUT2D eigenvalue weighted by molar-refractivity contribution is -0.142. The van der Waals surface area contributed by atoms with Gasteiger partial charge in [0, 0.05) is 30.1 Å². The summed E-state index contributed by atoms with van der Waals surface area (Å²) in [5.74, 6) is -0.447. The Hall–Kier alpha value is -2.58. The molecule has 2 aliphatic carbocycles. The molecule has 1 fully saturated rings. The van der Waals surface area contributed by atoms with Gasteiger partial charge in [-0.05, 0) is 42.7 Å². The lowest BCUT2D eigenvalue weighted by atomic mass is 9.77. The van der Waals surface area contributed by atoms with Gasteiger partial charge in [-0.25, -0.2) is 0 Å². The standard InChI is InChI=1S/C28H30Cl2N2O5/c29-20-10-9-16(13-21(20)30)15-32(28(36)17-5-1-2-6-17)22-14-19(27(35)31-11-12-33)24-18-7-3-4-8-23(18)37-26(24)25(22)34/h3-4,7-10,13-14,17,22,24-26,33-34H,1-2,5-6,11-12,15H2,(H,31,35). The number of hydrogen-bond donors (Lipinski definition) is 3. The topological polar surface area (TPSA) is 99.1 Å². The number of hydrogen-bond acceptors (Lipinski definition) is 5. The second-order valence-electron chi connectivity index (χ2n) is 9.88. The Morgan fingerprint density at radius 1 is 1.08 bits per heavy atom. The fourth-order valence-electron chi connectivity index (χ4n) is 5.76. The van der Waals surface area contributed by atoms with Crippen molar-refractivity contribution < 1.29 is 24.5 Å². The lowest BCUT2D eigenvalue weighted by Gasteiger charge is -2.41. The first-order chi connectivity index (χ1) is 17.9. The van der Waals surface area contributed by atoms with Crippen LogP contribution in [0.1, 0.15) is 42.7 Å². The lowest BCUT2D eigenvalue weighted by Crippen LogP contribution is -2.56. The first kappa shape index (κ1) is 26.0. The van der Waals surface area contributed by atoms with Gasteiger partial charge < -0.3 is 25.2 Å². The molecule has 1 aliphatic heterocycles. The highest BCUT2D eigenvalue weighted by atomic mass is 35.5. The summed E-state index contributed by atoms with van der Waals surface area (Å²) in [6, 6.07) is 11.8. The number of amides is 2. The Labute approximate surface area is 226 Å². The second-order valence-corrected chi connectivity index (χ2v) is 10.7. The molecule has 0 spiro atoms. The van der Waals surface area contributed by atoms with E-state index in [1.807, 2.05) is 30.3 Å². The van der Waals surface area contributed by atoms with Crippen LogP contribution < -0.4 is 10.1 Å². The zero-order valence-corrected chi connectivity index (χ0v) is 21.8. The van der Waals surface area contributed by atoms with E-state index in [4.69, 9.17) is 27.9 Å². The zero-order valence-electron chi connectivity index (χ0n) is 20.3. The summed E-state index contributed by atoms with van der Waals surface area (Å²) in [4.78, 5) is 28.8. The molecule has 37 heavy (non-hydrogen) atoms. The molecule has 4 atom stereocenters. The van der Waals surface area contributed by atoms with E-state index < -0.39 is 24.2 Å². The molecule has 4 unspecified atom stereocenters. The number of aliphatic hydroxyl groups is 2. The molecule has 7 nitrogen and oxygen atoms in total. The Morgan fingerprint density at radius 2 is 1.84 bits per heavy atom. The van der Waals surface area contributed by atoms with E-state index in [2.05, 4.69) is 5.32 Å². The van der Waals surface area contributed by atoms with E-state index >= 15 is 0 Å². The van der Waals surface area contributed by atoms with Gasteiger partial charge in [0.1, 0.15) is 18.0 Å². The zero-order chi connectivity index (χ0) is 26.1. The molecule has 0 bridgehead atoms. The number of carbonyl (C=O) groups excluding carboxylic acids is 2. The van der Waals surface area contributed by atoms with Gasteiger partial charge in [0.15, 0.2) is 0 Å². The maximum absolute atomic E-state index is 13.9. The van der Waals surface area contributed by atoms with Gasteiger partial charge in [-0.3, -0.25) is 9.59 Å². The Kier molecular flexibility index (Phi) is 7.77. The highest BCUT2D eigenvalue weighted by molar-refractivity contribution is 6.42. The van der Waals surface area contributed by atoms with E-state index in [1.165, 1.54) is 0 Å². The molecule has 2 aromatic carbocycles. The number of carbonyl (C=O) groups is 2. The van der Waals surface area contributed by atoms with Crippen LogP contribution in [0.25, 0.3) is 0 Å². The molecule has 196 valence electrons. The smallest absolute Gasteiger partial charge is 0.247 e. The van der Waals surface area contributed by atoms with E-state index in [0.29, 0.717) is 21.4 Å². The number of ether oxygens (including phenoxy) is 1. The average molecular weight is 545 g/mol. The highest BCUT2D eigenvalue weighted by Crippen LogP contribution is 2.47. The number of nitrogens with one attached hydrogen (secondary N) is 1. The third kappa shape index (κ3) is 5.10. The molecule has 2 aromatic rings. The molecule has 5 rings (SSSR count). The number of rotatable bonds is 7. The van der Waals surface area contributed by atoms with Crippen LogP contribution in [0.3, 0.4) is 0 Å². The van der Waals surface area contributed by atoms with E-state index in [0.717, 1.165) is 36.8 Å². The summed E-state index contributed by atoms with van der Waals surface area (Å²) in [5, 5.41) is 24.4. The van der Waals surface area contributed by atoms with Crippen molar-refractivity contribution in [3.63, 3.8) is 0 Å². The number of halogens is 2. The number of benzene rings is 2. The maximum Gasteiger partial charge on any atom is 0.247 e. The van der Waals surface area contributed by atoms with Crippen LogP contribution >= 0.6 is 23.2 Å². The van der Waals surface area contributed by atoms with Crippen molar-refractivity contribution in [3.8, 4) is 5.75 Å². The molecular formula is C28H30Cl2N2O5. The molecule has 3 aliphatic rings. The quantitative estimate of drug-likeness (QED) is 0.491. The summed E-state index contributed by atoms with van der Waals surface area (Å²) < 4.78 is 6.18. The maximum atomic E-state index is 13.9. The van der Waals surface area contributed by atoms with Gasteiger partial charge in [-0.1, -0.05) is 60.3 Å². The van der Waals surface area contributed by atoms with Crippen molar-refractivity contribution in [3.05, 3.63) is 75.3 Å². The van der Waals surface area contributed by atoms with Crippen LogP contribution in [0, 0.1) is 5.92 Å². The number of para-hydroxylation sites is 1. The van der Waals surface area contributed by atoms with Crippen molar-refractivity contribution in [1.29, 1.82) is 0 Å². The Morgan fingerprint density at radius 3 is 2.57 bits per heavy atom. The number of aliphatic hydroxyl groups excluding tert-OH is 2. The minimum atomic E-state index is -1.07. The second kappa shape index (κ2) is 11.0. The van der Waals surface area contributed by atoms with E-state index in [-0.39, 0.29) is 37.4 Å². The summed E-state index contributed by atoms with van der Waals surface area (Å²) in [6.07, 6.45) is 3.45. The van der Waals surface area contributed by atoms with Gasteiger partial charge in [-0.15, -0.1) is 0 Å². The van der Waals surface area contributed by atoms with Crippen molar-refractivity contribution in [2.24, 2.45) is 5.92 Å². The van der Waals surface area contributed by atoms with Gasteiger partial charge in [0.2, 0.25) is 11.8 Å². The normalized spacial score (nSPS) is 24.6. The van der Waals surface area contributed by atoms with E-state index in [1.54, 1.807) is 23.1 Å². The molecule has 2 amide bonds. The summed E-state index contributed by atoms with van der Waals surface area (Å²) in [7, 11) is 0. The van der Waals surface area contributed by atoms with Crippen molar-refractivity contribution in [2.75, 3.05) is 13.2 Å². The van der Waals surface area contributed by atoms with Gasteiger partial charge in [-0.2, -0.15) is 0 Å². The molecule has 3 N–H and O–H groups in total. The minimum Gasteiger partial charge on any atom is -0.486 e. The third-order valence-electron chi connectivity index (χ3n) is 7.56. The van der Waals surface area contributed by atoms with Gasteiger partial charge in [0.25, 0.3) is 0 Å². The SMILES string of the molecule is O=C(NCCO)C1=CC(N(Cc2ccc(Cl)c(Cl)c2)C(=O)C2CCCC2)C(O)C2Oc3ccccc3C12. The number of nitrogens with zero attached hydrogens (tertiary/aromatic N) is 1. The molecular weight excluding hydrogens is 515 g/mol. The molecule has 1 saturated carbocycles. The van der Waals surface area contributed by atoms with Crippen molar-refractivity contribution in [1.82, 2.24) is 10.2 Å². The predicted molar refractivity (Wildman–Crippen MR) is 141 cm³/mol. The van der Waals surface area contributed by atoms with Crippen LogP contribution in [-0.2, 0) is 16.1 Å². The van der Waals surface area contributed by atoms with Gasteiger partial charge >= 0.3 is 0 Å². The first-order valence-corrected chi connectivity index (χ1v) is 13.4. The fraction of sp³-hybridized carbons (Fsp3) is 0.429. The highest BCUT2D eigenvalue weighted by Gasteiger charge is 2.50. The minimum absolute atomic E-state index is 0.0621. The Balaban J connectivity index is 1.56. The van der Waals surface area contributed by atoms with Gasteiger partial charge in [0.05, 0.1) is 28.6 Å². The molecule has 0 radical (unpaired) electrons. The predicted octanol–water partition coefficient (Wildman–Crippen LogP) is 3.84. The van der Waals surface area contributed by atoms with Crippen LogP contribution in [0.15, 0.2) is 54.1 Å². The van der Waals surface area contributed by atoms with Crippen LogP contribution in [0.2, 0.25) is 10.0 Å². The third-order valence-corrected chi connectivity index (χ3v) is 8.30. The molecule has 0 saturated heterocycles. The van der Waals surface area contributed by atoms with E-state index in [9.17, 15) is 19.8 Å². The van der Waals surface area contributed by atoms with Crippen LogP contribution in [0.4, 0.5) is 0 Å². The monoisotopic (exact) mass is 544 g/mol. The summed E-state index contributed by atoms with van der Waals surface area (Å²) >= 11 is 12.4. The summed E-state index contributed by atoms with van der Waals surface area (Å²) in [6.45, 7) is 0.0907. The fourth-order valence-corrected chi connectivity index (χ4v) is 6.08. The van der Waals surface area contributed by atoms with Crippen LogP contribution in [0.5, 0.6) is 5.75 Å². The Bertz CT molecular complexity index is 1210.